The summed E-state index contributed by atoms with van der Waals surface area (Å²) in [6.07, 6.45) is -5.93. The van der Waals surface area contributed by atoms with Crippen LogP contribution in [-0.4, -0.2) is 35.4 Å². The number of hydrogen-bond acceptors (Lipinski definition) is 3. The Kier molecular flexibility index (Phi) is 5.02. The number of alkyl halides is 3. The van der Waals surface area contributed by atoms with Gasteiger partial charge in [-0.05, 0) is 17.7 Å². The molecule has 1 atom stereocenters. The van der Waals surface area contributed by atoms with Crippen molar-refractivity contribution >= 4 is 29.4 Å². The van der Waals surface area contributed by atoms with Crippen LogP contribution in [0.3, 0.4) is 0 Å². The minimum atomic E-state index is -4.43. The van der Waals surface area contributed by atoms with Crippen molar-refractivity contribution in [1.82, 2.24) is 10.2 Å². The van der Waals surface area contributed by atoms with Crippen molar-refractivity contribution in [3.05, 3.63) is 34.3 Å². The first-order valence-corrected chi connectivity index (χ1v) is 7.27. The van der Waals surface area contributed by atoms with Gasteiger partial charge in [0, 0.05) is 17.1 Å². The van der Waals surface area contributed by atoms with Gasteiger partial charge in [-0.15, -0.1) is 0 Å². The first-order valence-electron chi connectivity index (χ1n) is 6.89. The number of nitrogens with zero attached hydrogens (tertiary/aromatic N) is 1. The van der Waals surface area contributed by atoms with Crippen LogP contribution in [0.25, 0.3) is 0 Å². The summed E-state index contributed by atoms with van der Waals surface area (Å²) in [5.41, 5.74) is 5.66. The van der Waals surface area contributed by atoms with E-state index in [-0.39, 0.29) is 17.0 Å². The van der Waals surface area contributed by atoms with Crippen LogP contribution in [0.1, 0.15) is 34.8 Å². The average molecular weight is 363 g/mol. The van der Waals surface area contributed by atoms with Crippen LogP contribution < -0.4 is 11.1 Å². The number of hydrogen-bond donors (Lipinski definition) is 3. The summed E-state index contributed by atoms with van der Waals surface area (Å²) in [5.74, 6) is -1.86. The Balaban J connectivity index is 2.28. The fourth-order valence-corrected chi connectivity index (χ4v) is 2.74. The van der Waals surface area contributed by atoms with E-state index in [4.69, 9.17) is 22.7 Å². The number of nitrogens with one attached hydrogen (secondary N) is 2. The second kappa shape index (κ2) is 6.68. The standard InChI is InChI=1S/C14H14ClF3N4O2/c15-7-1-2-8-9(5-7)12(24)22(4-3-14(16,17)18)10(8)6-11(23)21-13(19)20/h1-2,5,10H,3-4,6H2,(H4,19,20,21,23)/t10-/m0/s1. The van der Waals surface area contributed by atoms with Crippen molar-refractivity contribution in [3.63, 3.8) is 0 Å². The van der Waals surface area contributed by atoms with Crippen molar-refractivity contribution in [1.29, 1.82) is 5.41 Å². The van der Waals surface area contributed by atoms with E-state index in [1.54, 1.807) is 0 Å². The van der Waals surface area contributed by atoms with Crippen LogP contribution in [0.4, 0.5) is 13.2 Å². The number of guanidine groups is 1. The zero-order valence-electron chi connectivity index (χ0n) is 12.3. The minimum Gasteiger partial charge on any atom is -0.370 e. The summed E-state index contributed by atoms with van der Waals surface area (Å²) in [6, 6.07) is 3.50. The third kappa shape index (κ3) is 4.16. The first kappa shape index (κ1) is 18.1. The highest BCUT2D eigenvalue weighted by atomic mass is 35.5. The summed E-state index contributed by atoms with van der Waals surface area (Å²) < 4.78 is 37.5. The molecule has 0 spiro atoms. The van der Waals surface area contributed by atoms with Crippen molar-refractivity contribution in [3.8, 4) is 0 Å². The van der Waals surface area contributed by atoms with Crippen LogP contribution in [0.15, 0.2) is 18.2 Å². The Hall–Kier alpha value is -2.29. The molecular weight excluding hydrogens is 349 g/mol. The molecule has 0 fully saturated rings. The monoisotopic (exact) mass is 362 g/mol. The lowest BCUT2D eigenvalue weighted by molar-refractivity contribution is -0.137. The summed E-state index contributed by atoms with van der Waals surface area (Å²) in [7, 11) is 0. The zero-order chi connectivity index (χ0) is 18.1. The maximum atomic E-state index is 12.5. The quantitative estimate of drug-likeness (QED) is 0.565. The van der Waals surface area contributed by atoms with Gasteiger partial charge >= 0.3 is 6.18 Å². The Morgan fingerprint density at radius 3 is 2.67 bits per heavy atom. The molecule has 4 N–H and O–H groups in total. The molecule has 6 nitrogen and oxygen atoms in total. The lowest BCUT2D eigenvalue weighted by atomic mass is 10.0. The molecule has 2 rings (SSSR count). The number of benzene rings is 1. The Morgan fingerprint density at radius 1 is 1.42 bits per heavy atom. The minimum absolute atomic E-state index is 0.172. The number of carbonyl (C=O) groups is 2. The molecule has 0 saturated heterocycles. The Bertz CT molecular complexity index is 693. The normalized spacial score (nSPS) is 16.9. The summed E-state index contributed by atoms with van der Waals surface area (Å²) in [4.78, 5) is 25.2. The topological polar surface area (TPSA) is 99.3 Å². The molecule has 0 aromatic heterocycles. The van der Waals surface area contributed by atoms with Gasteiger partial charge in [-0.3, -0.25) is 20.3 Å². The second-order valence-electron chi connectivity index (χ2n) is 5.28. The van der Waals surface area contributed by atoms with Crippen LogP contribution in [-0.2, 0) is 4.79 Å². The van der Waals surface area contributed by atoms with Crippen LogP contribution >= 0.6 is 11.6 Å². The molecule has 0 radical (unpaired) electrons. The van der Waals surface area contributed by atoms with Gasteiger partial charge in [0.15, 0.2) is 5.96 Å². The van der Waals surface area contributed by atoms with Gasteiger partial charge in [0.05, 0.1) is 18.9 Å². The average Bonchev–Trinajstić information content (AvgIpc) is 2.67. The van der Waals surface area contributed by atoms with Crippen LogP contribution in [0, 0.1) is 5.41 Å². The van der Waals surface area contributed by atoms with E-state index >= 15 is 0 Å². The number of nitrogens with two attached hydrogens (primary N) is 1. The maximum absolute atomic E-state index is 12.5. The largest absolute Gasteiger partial charge is 0.390 e. The van der Waals surface area contributed by atoms with Crippen molar-refractivity contribution in [2.45, 2.75) is 25.1 Å². The fourth-order valence-electron chi connectivity index (χ4n) is 2.57. The van der Waals surface area contributed by atoms with Crippen LogP contribution in [0.2, 0.25) is 5.02 Å². The lowest BCUT2D eigenvalue weighted by Gasteiger charge is -2.25. The number of halogens is 4. The third-order valence-electron chi connectivity index (χ3n) is 3.53. The predicted octanol–water partition coefficient (Wildman–Crippen LogP) is 2.19. The van der Waals surface area contributed by atoms with E-state index in [0.717, 1.165) is 4.90 Å². The highest BCUT2D eigenvalue weighted by Gasteiger charge is 2.40. The van der Waals surface area contributed by atoms with Gasteiger partial charge in [0.1, 0.15) is 0 Å². The molecule has 130 valence electrons. The van der Waals surface area contributed by atoms with Gasteiger partial charge in [0.25, 0.3) is 5.91 Å². The smallest absolute Gasteiger partial charge is 0.370 e. The zero-order valence-corrected chi connectivity index (χ0v) is 13.0. The van der Waals surface area contributed by atoms with E-state index in [2.05, 4.69) is 5.32 Å². The number of carbonyl (C=O) groups excluding carboxylic acids is 2. The molecule has 1 heterocycles. The van der Waals surface area contributed by atoms with Gasteiger partial charge in [-0.1, -0.05) is 17.7 Å². The summed E-state index contributed by atoms with van der Waals surface area (Å²) >= 11 is 5.83. The molecule has 0 saturated carbocycles. The summed E-state index contributed by atoms with van der Waals surface area (Å²) in [5, 5.41) is 9.35. The van der Waals surface area contributed by atoms with E-state index in [1.165, 1.54) is 18.2 Å². The predicted molar refractivity (Wildman–Crippen MR) is 80.6 cm³/mol. The number of amides is 2. The highest BCUT2D eigenvalue weighted by molar-refractivity contribution is 6.31. The van der Waals surface area contributed by atoms with Gasteiger partial charge in [0.2, 0.25) is 5.91 Å². The molecule has 0 aliphatic carbocycles. The molecule has 10 heteroatoms. The molecule has 24 heavy (non-hydrogen) atoms. The van der Waals surface area contributed by atoms with E-state index in [1.807, 2.05) is 0 Å². The van der Waals surface area contributed by atoms with Gasteiger partial charge in [-0.2, -0.15) is 13.2 Å². The number of rotatable bonds is 4. The van der Waals surface area contributed by atoms with Gasteiger partial charge < -0.3 is 10.6 Å². The van der Waals surface area contributed by atoms with Crippen molar-refractivity contribution in [2.75, 3.05) is 6.54 Å². The lowest BCUT2D eigenvalue weighted by Crippen LogP contribution is -2.39. The number of fused-ring (bicyclic) bond motifs is 1. The third-order valence-corrected chi connectivity index (χ3v) is 3.77. The Morgan fingerprint density at radius 2 is 2.08 bits per heavy atom. The second-order valence-corrected chi connectivity index (χ2v) is 5.71. The molecule has 1 aromatic rings. The van der Waals surface area contributed by atoms with E-state index in [9.17, 15) is 22.8 Å². The molecule has 1 aromatic carbocycles. The van der Waals surface area contributed by atoms with Crippen LogP contribution in [0.5, 0.6) is 0 Å². The maximum Gasteiger partial charge on any atom is 0.390 e. The summed E-state index contributed by atoms with van der Waals surface area (Å²) in [6.45, 7) is -0.577. The van der Waals surface area contributed by atoms with Crippen molar-refractivity contribution < 1.29 is 22.8 Å². The highest BCUT2D eigenvalue weighted by Crippen LogP contribution is 2.38. The van der Waals surface area contributed by atoms with E-state index < -0.39 is 43.0 Å². The molecule has 0 bridgehead atoms. The SMILES string of the molecule is N=C(N)NC(=O)C[C@H]1c2ccc(Cl)cc2C(=O)N1CCC(F)(F)F. The Labute approximate surface area is 140 Å². The molecule has 1 aliphatic rings. The van der Waals surface area contributed by atoms with E-state index in [0.29, 0.717) is 5.56 Å². The first-order chi connectivity index (χ1) is 11.1. The fraction of sp³-hybridized carbons (Fsp3) is 0.357. The van der Waals surface area contributed by atoms with Crippen molar-refractivity contribution in [2.24, 2.45) is 5.73 Å². The molecule has 2 amide bonds. The molecular formula is C14H14ClF3N4O2. The molecule has 0 unspecified atom stereocenters. The van der Waals surface area contributed by atoms with Gasteiger partial charge in [-0.25, -0.2) is 0 Å². The molecule has 1 aliphatic heterocycles.